The summed E-state index contributed by atoms with van der Waals surface area (Å²) in [4.78, 5) is 22.6. The summed E-state index contributed by atoms with van der Waals surface area (Å²) in [5.41, 5.74) is 0. The molecule has 3 atom stereocenters. The van der Waals surface area contributed by atoms with E-state index in [1.165, 1.54) is 135 Å². The SMILES string of the molecule is CCC/C=C\C/C=C\CCCCCCCC(=O)OC(COCCCCCCCCCCCCCCCCCCCCCCCC)COP(=O)(O)OCC(O)CO. The van der Waals surface area contributed by atoms with Crippen LogP contribution in [0.5, 0.6) is 0 Å². The first-order valence-electron chi connectivity index (χ1n) is 23.3. The molecule has 0 bridgehead atoms. The van der Waals surface area contributed by atoms with Crippen molar-refractivity contribution < 1.29 is 43.0 Å². The first-order chi connectivity index (χ1) is 27.3. The van der Waals surface area contributed by atoms with Crippen LogP contribution in [0.15, 0.2) is 24.3 Å². The van der Waals surface area contributed by atoms with Gasteiger partial charge in [-0.2, -0.15) is 0 Å². The van der Waals surface area contributed by atoms with Gasteiger partial charge >= 0.3 is 13.8 Å². The second-order valence-electron chi connectivity index (χ2n) is 15.8. The van der Waals surface area contributed by atoms with Gasteiger partial charge in [0.1, 0.15) is 12.2 Å². The molecule has 0 saturated heterocycles. The molecule has 0 saturated carbocycles. The minimum Gasteiger partial charge on any atom is -0.457 e. The largest absolute Gasteiger partial charge is 0.472 e. The molecule has 9 nitrogen and oxygen atoms in total. The lowest BCUT2D eigenvalue weighted by Gasteiger charge is -2.20. The monoisotopic (exact) mass is 817 g/mol. The summed E-state index contributed by atoms with van der Waals surface area (Å²) in [6.07, 6.45) is 45.8. The van der Waals surface area contributed by atoms with Crippen molar-refractivity contribution in [3.63, 3.8) is 0 Å². The number of unbranched alkanes of at least 4 members (excludes halogenated alkanes) is 27. The number of hydrogen-bond donors (Lipinski definition) is 3. The Labute approximate surface area is 344 Å². The number of carbonyl (C=O) groups excluding carboxylic acids is 1. The Kier molecular flexibility index (Phi) is 42.7. The van der Waals surface area contributed by atoms with Crippen molar-refractivity contribution in [3.05, 3.63) is 24.3 Å². The summed E-state index contributed by atoms with van der Waals surface area (Å²) in [5.74, 6) is -0.394. The number of ether oxygens (including phenoxy) is 2. The molecule has 3 N–H and O–H groups in total. The standard InChI is InChI=1S/C46H89O9P/c1-3-5-7-9-11-13-15-17-18-19-20-21-22-23-24-25-27-29-31-33-35-37-39-52-42-45(43-54-56(50,51)53-41-44(48)40-47)55-46(49)38-36-34-32-30-28-26-16-14-12-10-8-6-4-2/h8,10,14,16,44-45,47-48H,3-7,9,11-13,15,17-43H2,1-2H3,(H,50,51)/b10-8-,16-14-. The quantitative estimate of drug-likeness (QED) is 0.0238. The molecule has 10 heteroatoms. The summed E-state index contributed by atoms with van der Waals surface area (Å²) in [6, 6.07) is 0. The first-order valence-corrected chi connectivity index (χ1v) is 24.8. The highest BCUT2D eigenvalue weighted by atomic mass is 31.2. The number of rotatable bonds is 45. The van der Waals surface area contributed by atoms with Crippen LogP contribution >= 0.6 is 7.82 Å². The Balaban J connectivity index is 4.04. The van der Waals surface area contributed by atoms with Crippen LogP contribution in [-0.2, 0) is 27.9 Å². The minimum atomic E-state index is -4.52. The van der Waals surface area contributed by atoms with Crippen LogP contribution in [0.4, 0.5) is 0 Å². The van der Waals surface area contributed by atoms with E-state index in [1.54, 1.807) is 0 Å². The van der Waals surface area contributed by atoms with E-state index in [4.69, 9.17) is 23.6 Å². The van der Waals surface area contributed by atoms with E-state index in [0.29, 0.717) is 13.0 Å². The van der Waals surface area contributed by atoms with Gasteiger partial charge in [0.25, 0.3) is 0 Å². The first kappa shape index (κ1) is 54.9. The molecule has 56 heavy (non-hydrogen) atoms. The third-order valence-electron chi connectivity index (χ3n) is 10.1. The third kappa shape index (κ3) is 42.5. The Bertz CT molecular complexity index is 928. The molecular formula is C46H89O9P. The van der Waals surface area contributed by atoms with Crippen LogP contribution < -0.4 is 0 Å². The summed E-state index contributed by atoms with van der Waals surface area (Å²) >= 11 is 0. The number of phosphoric acid groups is 1. The lowest BCUT2D eigenvalue weighted by molar-refractivity contribution is -0.154. The highest BCUT2D eigenvalue weighted by Gasteiger charge is 2.26. The molecule has 0 heterocycles. The molecule has 3 unspecified atom stereocenters. The Morgan fingerprint density at radius 2 is 1.00 bits per heavy atom. The molecule has 332 valence electrons. The number of hydrogen-bond acceptors (Lipinski definition) is 8. The molecule has 0 aliphatic carbocycles. The van der Waals surface area contributed by atoms with Crippen LogP contribution in [-0.4, -0.2) is 66.3 Å². The summed E-state index contributed by atoms with van der Waals surface area (Å²) in [5, 5.41) is 18.4. The Hall–Kier alpha value is -1.06. The van der Waals surface area contributed by atoms with Gasteiger partial charge in [-0.3, -0.25) is 13.8 Å². The molecule has 0 rings (SSSR count). The summed E-state index contributed by atoms with van der Waals surface area (Å²) in [7, 11) is -4.52. The number of aliphatic hydroxyl groups excluding tert-OH is 2. The molecule has 0 aromatic rings. The van der Waals surface area contributed by atoms with Gasteiger partial charge in [-0.05, 0) is 38.5 Å². The summed E-state index contributed by atoms with van der Waals surface area (Å²) < 4.78 is 33.4. The molecule has 0 fully saturated rings. The fourth-order valence-corrected chi connectivity index (χ4v) is 7.36. The van der Waals surface area contributed by atoms with E-state index in [9.17, 15) is 19.4 Å². The number of esters is 1. The molecule has 0 aliphatic heterocycles. The van der Waals surface area contributed by atoms with Crippen molar-refractivity contribution in [2.75, 3.05) is 33.0 Å². The van der Waals surface area contributed by atoms with E-state index in [1.807, 2.05) is 0 Å². The smallest absolute Gasteiger partial charge is 0.457 e. The fraction of sp³-hybridized carbons (Fsp3) is 0.891. The van der Waals surface area contributed by atoms with Gasteiger partial charge in [-0.1, -0.05) is 199 Å². The fourth-order valence-electron chi connectivity index (χ4n) is 6.57. The molecule has 0 aromatic carbocycles. The molecule has 0 spiro atoms. The number of aliphatic hydroxyl groups is 2. The van der Waals surface area contributed by atoms with Gasteiger partial charge in [-0.15, -0.1) is 0 Å². The predicted molar refractivity (Wildman–Crippen MR) is 233 cm³/mol. The van der Waals surface area contributed by atoms with Crippen LogP contribution in [0.1, 0.15) is 219 Å². The topological polar surface area (TPSA) is 132 Å². The van der Waals surface area contributed by atoms with Crippen LogP contribution in [0.25, 0.3) is 0 Å². The summed E-state index contributed by atoms with van der Waals surface area (Å²) in [6.45, 7) is 3.47. The van der Waals surface area contributed by atoms with Crippen molar-refractivity contribution in [1.82, 2.24) is 0 Å². The highest BCUT2D eigenvalue weighted by molar-refractivity contribution is 7.47. The van der Waals surface area contributed by atoms with Crippen LogP contribution in [0, 0.1) is 0 Å². The van der Waals surface area contributed by atoms with Gasteiger partial charge in [0.2, 0.25) is 0 Å². The van der Waals surface area contributed by atoms with Crippen molar-refractivity contribution in [2.24, 2.45) is 0 Å². The maximum atomic E-state index is 12.6. The van der Waals surface area contributed by atoms with Gasteiger partial charge in [-0.25, -0.2) is 4.57 Å². The van der Waals surface area contributed by atoms with E-state index in [0.717, 1.165) is 57.8 Å². The predicted octanol–water partition coefficient (Wildman–Crippen LogP) is 13.0. The Morgan fingerprint density at radius 1 is 0.554 bits per heavy atom. The van der Waals surface area contributed by atoms with Crippen molar-refractivity contribution in [3.8, 4) is 0 Å². The van der Waals surface area contributed by atoms with Gasteiger partial charge in [0, 0.05) is 13.0 Å². The lowest BCUT2D eigenvalue weighted by atomic mass is 10.0. The van der Waals surface area contributed by atoms with E-state index >= 15 is 0 Å². The number of phosphoric ester groups is 1. The highest BCUT2D eigenvalue weighted by Crippen LogP contribution is 2.43. The van der Waals surface area contributed by atoms with Gasteiger partial charge in [0.15, 0.2) is 0 Å². The second kappa shape index (κ2) is 43.5. The van der Waals surface area contributed by atoms with E-state index in [-0.39, 0.29) is 19.6 Å². The molecular weight excluding hydrogens is 727 g/mol. The molecule has 0 aromatic heterocycles. The van der Waals surface area contributed by atoms with Crippen LogP contribution in [0.3, 0.4) is 0 Å². The second-order valence-corrected chi connectivity index (χ2v) is 17.2. The van der Waals surface area contributed by atoms with E-state index < -0.39 is 39.2 Å². The minimum absolute atomic E-state index is 0.0478. The van der Waals surface area contributed by atoms with E-state index in [2.05, 4.69) is 38.2 Å². The number of allylic oxidation sites excluding steroid dienone is 4. The van der Waals surface area contributed by atoms with Gasteiger partial charge in [0.05, 0.1) is 26.4 Å². The number of carbonyl (C=O) groups is 1. The third-order valence-corrected chi connectivity index (χ3v) is 11.1. The molecule has 0 radical (unpaired) electrons. The zero-order valence-electron chi connectivity index (χ0n) is 36.4. The lowest BCUT2D eigenvalue weighted by Crippen LogP contribution is -2.29. The normalized spacial score (nSPS) is 14.2. The van der Waals surface area contributed by atoms with Crippen molar-refractivity contribution in [2.45, 2.75) is 232 Å². The zero-order chi connectivity index (χ0) is 41.1. The maximum absolute atomic E-state index is 12.6. The van der Waals surface area contributed by atoms with Crippen molar-refractivity contribution in [1.29, 1.82) is 0 Å². The van der Waals surface area contributed by atoms with Gasteiger partial charge < -0.3 is 24.6 Å². The zero-order valence-corrected chi connectivity index (χ0v) is 37.3. The average Bonchev–Trinajstić information content (AvgIpc) is 3.19. The Morgan fingerprint density at radius 3 is 1.50 bits per heavy atom. The maximum Gasteiger partial charge on any atom is 0.472 e. The molecule has 0 aliphatic rings. The molecule has 0 amide bonds. The average molecular weight is 817 g/mol. The van der Waals surface area contributed by atoms with Crippen molar-refractivity contribution >= 4 is 13.8 Å². The van der Waals surface area contributed by atoms with Crippen LogP contribution in [0.2, 0.25) is 0 Å².